The molecule has 1 aliphatic rings. The van der Waals surface area contributed by atoms with Crippen LogP contribution >= 0.6 is 27.5 Å². The molecule has 0 unspecified atom stereocenters. The van der Waals surface area contributed by atoms with Gasteiger partial charge in [-0.05, 0) is 36.4 Å². The zero-order valence-electron chi connectivity index (χ0n) is 13.0. The monoisotopic (exact) mass is 446 g/mol. The summed E-state index contributed by atoms with van der Waals surface area (Å²) < 4.78 is 40.2. The number of aliphatic hydroxyl groups is 1. The summed E-state index contributed by atoms with van der Waals surface area (Å²) in [5.41, 5.74) is -3.31. The number of alkyl halides is 3. The average molecular weight is 448 g/mol. The highest BCUT2D eigenvalue weighted by Crippen LogP contribution is 2.40. The molecule has 1 amide bonds. The normalized spacial score (nSPS) is 20.2. The van der Waals surface area contributed by atoms with Gasteiger partial charge in [0.05, 0.1) is 6.42 Å². The summed E-state index contributed by atoms with van der Waals surface area (Å²) in [5.74, 6) is -0.869. The molecule has 2 aromatic rings. The van der Waals surface area contributed by atoms with Crippen molar-refractivity contribution >= 4 is 39.1 Å². The van der Waals surface area contributed by atoms with Crippen LogP contribution in [0.1, 0.15) is 22.3 Å². The van der Waals surface area contributed by atoms with Crippen molar-refractivity contribution < 1.29 is 23.1 Å². The Kier molecular flexibility index (Phi) is 4.85. The quantitative estimate of drug-likeness (QED) is 0.725. The van der Waals surface area contributed by atoms with E-state index in [4.69, 9.17) is 11.6 Å². The number of carbonyl (C=O) groups excluding carboxylic acids is 1. The number of hydrogen-bond acceptors (Lipinski definition) is 3. The van der Waals surface area contributed by atoms with Crippen LogP contribution in [0.3, 0.4) is 0 Å². The summed E-state index contributed by atoms with van der Waals surface area (Å²) in [7, 11) is 0. The lowest BCUT2D eigenvalue weighted by Crippen LogP contribution is -2.43. The second kappa shape index (κ2) is 6.68. The Morgan fingerprint density at radius 2 is 1.73 bits per heavy atom. The zero-order chi connectivity index (χ0) is 19.1. The molecule has 3 rings (SSSR count). The maximum atomic E-state index is 13.2. The van der Waals surface area contributed by atoms with Crippen molar-refractivity contribution in [3.63, 3.8) is 0 Å². The molecule has 0 aromatic heterocycles. The first-order chi connectivity index (χ1) is 12.1. The van der Waals surface area contributed by atoms with Crippen molar-refractivity contribution in [1.82, 2.24) is 5.01 Å². The van der Waals surface area contributed by atoms with E-state index in [0.717, 1.165) is 0 Å². The smallest absolute Gasteiger partial charge is 0.365 e. The van der Waals surface area contributed by atoms with E-state index >= 15 is 0 Å². The van der Waals surface area contributed by atoms with Crippen LogP contribution in [-0.2, 0) is 5.72 Å². The highest BCUT2D eigenvalue weighted by molar-refractivity contribution is 9.10. The summed E-state index contributed by atoms with van der Waals surface area (Å²) in [5, 5.41) is 15.2. The topological polar surface area (TPSA) is 52.9 Å². The molecule has 4 nitrogen and oxygen atoms in total. The van der Waals surface area contributed by atoms with E-state index in [9.17, 15) is 23.1 Å². The zero-order valence-corrected chi connectivity index (χ0v) is 15.3. The van der Waals surface area contributed by atoms with E-state index in [2.05, 4.69) is 21.0 Å². The molecule has 0 fully saturated rings. The molecule has 136 valence electrons. The van der Waals surface area contributed by atoms with Gasteiger partial charge in [-0.2, -0.15) is 23.3 Å². The third-order valence-corrected chi connectivity index (χ3v) is 4.68. The molecule has 1 heterocycles. The summed E-state index contributed by atoms with van der Waals surface area (Å²) >= 11 is 8.99. The Morgan fingerprint density at radius 3 is 2.27 bits per heavy atom. The molecular weight excluding hydrogens is 437 g/mol. The number of halogens is 5. The largest absolute Gasteiger partial charge is 0.431 e. The minimum Gasteiger partial charge on any atom is -0.365 e. The van der Waals surface area contributed by atoms with Gasteiger partial charge in [0.1, 0.15) is 5.71 Å². The van der Waals surface area contributed by atoms with Gasteiger partial charge in [-0.1, -0.05) is 39.7 Å². The van der Waals surface area contributed by atoms with Crippen LogP contribution in [-0.4, -0.2) is 27.9 Å². The van der Waals surface area contributed by atoms with E-state index in [0.29, 0.717) is 14.5 Å². The van der Waals surface area contributed by atoms with Gasteiger partial charge in [0.25, 0.3) is 5.91 Å². The SMILES string of the molecule is O=C(c1ccc(Cl)cc1)N1N=C(C(F)(F)F)C[C@@]1(O)c1ccc(Br)cc1. The van der Waals surface area contributed by atoms with Crippen molar-refractivity contribution in [2.45, 2.75) is 18.3 Å². The fraction of sp³-hybridized carbons (Fsp3) is 0.176. The molecular formula is C17H11BrClF3N2O2. The van der Waals surface area contributed by atoms with Crippen molar-refractivity contribution in [2.24, 2.45) is 5.10 Å². The molecule has 0 spiro atoms. The molecule has 1 aliphatic heterocycles. The Bertz CT molecular complexity index is 869. The number of benzene rings is 2. The molecule has 9 heteroatoms. The Hall–Kier alpha value is -1.90. The number of hydrazone groups is 1. The molecule has 2 aromatic carbocycles. The minimum absolute atomic E-state index is 0.0529. The molecule has 26 heavy (non-hydrogen) atoms. The summed E-state index contributed by atoms with van der Waals surface area (Å²) in [6, 6.07) is 11.5. The lowest BCUT2D eigenvalue weighted by Gasteiger charge is -2.31. The van der Waals surface area contributed by atoms with Crippen molar-refractivity contribution in [3.05, 3.63) is 69.2 Å². The lowest BCUT2D eigenvalue weighted by atomic mass is 9.96. The molecule has 0 bridgehead atoms. The average Bonchev–Trinajstić information content (AvgIpc) is 2.94. The maximum absolute atomic E-state index is 13.2. The summed E-state index contributed by atoms with van der Waals surface area (Å²) in [6.07, 6.45) is -5.63. The van der Waals surface area contributed by atoms with Crippen molar-refractivity contribution in [2.75, 3.05) is 0 Å². The van der Waals surface area contributed by atoms with Crippen molar-refractivity contribution in [3.8, 4) is 0 Å². The van der Waals surface area contributed by atoms with E-state index in [1.807, 2.05) is 0 Å². The van der Waals surface area contributed by atoms with E-state index in [1.54, 1.807) is 12.1 Å². The third kappa shape index (κ3) is 3.49. The second-order valence-electron chi connectivity index (χ2n) is 5.67. The van der Waals surface area contributed by atoms with Crippen LogP contribution < -0.4 is 0 Å². The maximum Gasteiger partial charge on any atom is 0.431 e. The van der Waals surface area contributed by atoms with Gasteiger partial charge >= 0.3 is 6.18 Å². The van der Waals surface area contributed by atoms with E-state index in [-0.39, 0.29) is 11.1 Å². The van der Waals surface area contributed by atoms with Crippen LogP contribution in [0.15, 0.2) is 58.1 Å². The highest BCUT2D eigenvalue weighted by Gasteiger charge is 2.53. The first kappa shape index (κ1) is 18.9. The van der Waals surface area contributed by atoms with Crippen LogP contribution in [0, 0.1) is 0 Å². The first-order valence-corrected chi connectivity index (χ1v) is 8.51. The Morgan fingerprint density at radius 1 is 1.15 bits per heavy atom. The van der Waals surface area contributed by atoms with Gasteiger partial charge in [0.15, 0.2) is 5.72 Å². The Balaban J connectivity index is 2.06. The van der Waals surface area contributed by atoms with E-state index < -0.39 is 29.9 Å². The van der Waals surface area contributed by atoms with Crippen LogP contribution in [0.25, 0.3) is 0 Å². The number of rotatable bonds is 2. The van der Waals surface area contributed by atoms with Gasteiger partial charge in [-0.25, -0.2) is 0 Å². The van der Waals surface area contributed by atoms with Crippen molar-refractivity contribution in [1.29, 1.82) is 0 Å². The highest BCUT2D eigenvalue weighted by atomic mass is 79.9. The van der Waals surface area contributed by atoms with Gasteiger partial charge in [0.2, 0.25) is 0 Å². The minimum atomic E-state index is -4.77. The van der Waals surface area contributed by atoms with Gasteiger partial charge in [-0.15, -0.1) is 0 Å². The fourth-order valence-electron chi connectivity index (χ4n) is 2.57. The van der Waals surface area contributed by atoms with Gasteiger partial charge in [-0.3, -0.25) is 4.79 Å². The molecule has 1 N–H and O–H groups in total. The molecule has 0 radical (unpaired) electrons. The first-order valence-electron chi connectivity index (χ1n) is 7.34. The second-order valence-corrected chi connectivity index (χ2v) is 7.02. The van der Waals surface area contributed by atoms with Crippen LogP contribution in [0.4, 0.5) is 13.2 Å². The number of nitrogens with zero attached hydrogens (tertiary/aromatic N) is 2. The van der Waals surface area contributed by atoms with E-state index in [1.165, 1.54) is 36.4 Å². The molecule has 0 aliphatic carbocycles. The molecule has 0 saturated carbocycles. The standard InChI is InChI=1S/C17H11BrClF3N2O2/c18-12-5-3-11(4-6-12)16(26)9-14(17(20,21)22)23-24(16)15(25)10-1-7-13(19)8-2-10/h1-8,26H,9H2/t16-/m1/s1. The lowest BCUT2D eigenvalue weighted by molar-refractivity contribution is -0.0816. The fourth-order valence-corrected chi connectivity index (χ4v) is 2.96. The number of amides is 1. The predicted molar refractivity (Wildman–Crippen MR) is 93.8 cm³/mol. The predicted octanol–water partition coefficient (Wildman–Crippen LogP) is 4.71. The Labute approximate surface area is 160 Å². The summed E-state index contributed by atoms with van der Waals surface area (Å²) in [4.78, 5) is 12.7. The molecule has 1 atom stereocenters. The van der Waals surface area contributed by atoms with Crippen LogP contribution in [0.5, 0.6) is 0 Å². The third-order valence-electron chi connectivity index (χ3n) is 3.90. The summed E-state index contributed by atoms with van der Waals surface area (Å²) in [6.45, 7) is 0. The van der Waals surface area contributed by atoms with Crippen LogP contribution in [0.2, 0.25) is 5.02 Å². The van der Waals surface area contributed by atoms with Gasteiger partial charge < -0.3 is 5.11 Å². The van der Waals surface area contributed by atoms with Gasteiger partial charge in [0, 0.05) is 20.6 Å². The number of hydrogen-bond donors (Lipinski definition) is 1. The molecule has 0 saturated heterocycles. The number of carbonyl (C=O) groups is 1.